The first-order chi connectivity index (χ1) is 20.2. The number of unbranched alkanes of at least 4 members (excludes halogenated alkanes) is 1. The van der Waals surface area contributed by atoms with Crippen molar-refractivity contribution in [2.45, 2.75) is 61.9 Å². The van der Waals surface area contributed by atoms with Crippen molar-refractivity contribution in [1.82, 2.24) is 14.9 Å². The van der Waals surface area contributed by atoms with Gasteiger partial charge in [-0.15, -0.1) is 0 Å². The molecule has 0 radical (unpaired) electrons. The van der Waals surface area contributed by atoms with Crippen LogP contribution >= 0.6 is 0 Å². The van der Waals surface area contributed by atoms with Crippen molar-refractivity contribution in [3.63, 3.8) is 0 Å². The molecule has 5 rings (SSSR count). The molecule has 2 N–H and O–H groups in total. The molecule has 0 fully saturated rings. The predicted octanol–water partition coefficient (Wildman–Crippen LogP) is 4.91. The Bertz CT molecular complexity index is 1890. The van der Waals surface area contributed by atoms with E-state index in [4.69, 9.17) is 0 Å². The largest absolute Gasteiger partial charge is 0.492 e. The number of nitriles is 1. The predicted molar refractivity (Wildman–Crippen MR) is 157 cm³/mol. The number of fused-ring (bicyclic) bond motifs is 1. The van der Waals surface area contributed by atoms with Crippen LogP contribution in [0.15, 0.2) is 81.3 Å². The van der Waals surface area contributed by atoms with Gasteiger partial charge in [-0.05, 0) is 65.4 Å². The van der Waals surface area contributed by atoms with Crippen molar-refractivity contribution >= 4 is 15.7 Å². The summed E-state index contributed by atoms with van der Waals surface area (Å²) in [6.07, 6.45) is 2.27. The van der Waals surface area contributed by atoms with Gasteiger partial charge in [-0.3, -0.25) is 14.2 Å². The molecule has 0 bridgehead atoms. The average molecular weight is 583 g/mol. The van der Waals surface area contributed by atoms with Crippen molar-refractivity contribution in [1.29, 1.82) is 5.26 Å². The number of rotatable bonds is 9. The van der Waals surface area contributed by atoms with E-state index < -0.39 is 32.2 Å². The number of carbonyl (C=O) groups excluding carboxylic acids is 1. The molecule has 1 aliphatic heterocycles. The molecule has 3 aromatic carbocycles. The minimum atomic E-state index is -4.48. The molecule has 1 unspecified atom stereocenters. The quantitative estimate of drug-likeness (QED) is 0.286. The fraction of sp³-hybridized carbons (Fsp3) is 0.250. The lowest BCUT2D eigenvalue weighted by molar-refractivity contribution is 0.0965. The van der Waals surface area contributed by atoms with Gasteiger partial charge in [0.05, 0.1) is 22.6 Å². The summed E-state index contributed by atoms with van der Waals surface area (Å²) >= 11 is 0. The SMILES string of the molecule is CCCCc1nc(O)c(S(=O)(=O)c2ccc(-c3cccc4c3CNC4=O)cc2)c(=O)n1C(CC)c1cccc(C#N)c1. The molecule has 9 nitrogen and oxygen atoms in total. The Balaban J connectivity index is 1.62. The van der Waals surface area contributed by atoms with Crippen LogP contribution in [-0.2, 0) is 22.8 Å². The number of aryl methyl sites for hydroxylation is 1. The Hall–Kier alpha value is -4.75. The standard InChI is InChI=1S/C32H30N4O5S/c1-3-5-12-28-35-31(38)29(32(39)36(28)27(4-2)22-9-6-8-20(17-22)18-33)42(40,41)23-15-13-21(14-16-23)24-10-7-11-25-26(24)19-34-30(25)37/h6-11,13-17,27,38H,3-5,12,19H2,1-2H3,(H,34,37). The highest BCUT2D eigenvalue weighted by Crippen LogP contribution is 2.32. The number of benzene rings is 3. The van der Waals surface area contributed by atoms with E-state index in [0.717, 1.165) is 17.5 Å². The topological polar surface area (TPSA) is 142 Å². The molecule has 0 saturated carbocycles. The van der Waals surface area contributed by atoms with Crippen molar-refractivity contribution in [2.75, 3.05) is 0 Å². The summed E-state index contributed by atoms with van der Waals surface area (Å²) < 4.78 is 29.1. The normalized spacial score (nSPS) is 13.3. The molecule has 0 spiro atoms. The minimum Gasteiger partial charge on any atom is -0.492 e. The Morgan fingerprint density at radius 1 is 1.05 bits per heavy atom. The van der Waals surface area contributed by atoms with Crippen molar-refractivity contribution in [3.8, 4) is 23.1 Å². The molecular weight excluding hydrogens is 552 g/mol. The van der Waals surface area contributed by atoms with Crippen LogP contribution in [-0.4, -0.2) is 29.0 Å². The van der Waals surface area contributed by atoms with E-state index in [2.05, 4.69) is 16.4 Å². The maximum Gasteiger partial charge on any atom is 0.277 e. The third-order valence-corrected chi connectivity index (χ3v) is 9.36. The highest BCUT2D eigenvalue weighted by atomic mass is 32.2. The van der Waals surface area contributed by atoms with Gasteiger partial charge in [-0.2, -0.15) is 10.2 Å². The first-order valence-electron chi connectivity index (χ1n) is 13.8. The third-order valence-electron chi connectivity index (χ3n) is 7.57. The zero-order valence-electron chi connectivity index (χ0n) is 23.3. The molecule has 0 aliphatic carbocycles. The maximum absolute atomic E-state index is 14.0. The van der Waals surface area contributed by atoms with Crippen LogP contribution in [0.3, 0.4) is 0 Å². The molecule has 214 valence electrons. The summed E-state index contributed by atoms with van der Waals surface area (Å²) in [5, 5.41) is 23.1. The lowest BCUT2D eigenvalue weighted by Crippen LogP contribution is -2.33. The number of nitrogens with one attached hydrogen (secondary N) is 1. The molecule has 1 aliphatic rings. The number of sulfone groups is 1. The van der Waals surface area contributed by atoms with E-state index >= 15 is 0 Å². The van der Waals surface area contributed by atoms with E-state index in [1.165, 1.54) is 16.7 Å². The van der Waals surface area contributed by atoms with Gasteiger partial charge < -0.3 is 10.4 Å². The zero-order valence-corrected chi connectivity index (χ0v) is 24.1. The van der Waals surface area contributed by atoms with Gasteiger partial charge in [0, 0.05) is 18.5 Å². The van der Waals surface area contributed by atoms with E-state index in [-0.39, 0.29) is 16.6 Å². The third kappa shape index (κ3) is 5.08. The highest BCUT2D eigenvalue weighted by molar-refractivity contribution is 7.91. The summed E-state index contributed by atoms with van der Waals surface area (Å²) in [6, 6.07) is 19.7. The van der Waals surface area contributed by atoms with Crippen LogP contribution in [0.25, 0.3) is 11.1 Å². The number of amides is 1. The molecule has 1 amide bonds. The van der Waals surface area contributed by atoms with E-state index in [1.54, 1.807) is 48.5 Å². The fourth-order valence-electron chi connectivity index (χ4n) is 5.46. The second-order valence-electron chi connectivity index (χ2n) is 10.2. The molecule has 4 aromatic rings. The summed E-state index contributed by atoms with van der Waals surface area (Å²) in [4.78, 5) is 29.4. The first kappa shape index (κ1) is 28.8. The lowest BCUT2D eigenvalue weighted by Gasteiger charge is -2.23. The molecule has 1 atom stereocenters. The van der Waals surface area contributed by atoms with E-state index in [9.17, 15) is 28.4 Å². The van der Waals surface area contributed by atoms with Crippen LogP contribution < -0.4 is 10.9 Å². The number of aromatic hydroxyl groups is 1. The van der Waals surface area contributed by atoms with Gasteiger partial charge in [-0.25, -0.2) is 8.42 Å². The summed E-state index contributed by atoms with van der Waals surface area (Å²) in [6.45, 7) is 4.23. The molecule has 10 heteroatoms. The second-order valence-corrected chi connectivity index (χ2v) is 12.0. The van der Waals surface area contributed by atoms with E-state index in [1.807, 2.05) is 19.9 Å². The number of nitrogens with zero attached hydrogens (tertiary/aromatic N) is 3. The zero-order chi connectivity index (χ0) is 30.0. The Morgan fingerprint density at radius 3 is 2.45 bits per heavy atom. The van der Waals surface area contributed by atoms with Crippen LogP contribution in [0.5, 0.6) is 5.88 Å². The average Bonchev–Trinajstić information content (AvgIpc) is 3.38. The molecule has 2 heterocycles. The summed E-state index contributed by atoms with van der Waals surface area (Å²) in [5.74, 6) is -0.709. The van der Waals surface area contributed by atoms with Gasteiger partial charge >= 0.3 is 0 Å². The summed E-state index contributed by atoms with van der Waals surface area (Å²) in [5.41, 5.74) is 3.13. The van der Waals surface area contributed by atoms with Crippen molar-refractivity contribution in [3.05, 3.63) is 105 Å². The van der Waals surface area contributed by atoms with Crippen LogP contribution in [0.2, 0.25) is 0 Å². The van der Waals surface area contributed by atoms with Crippen LogP contribution in [0, 0.1) is 11.3 Å². The van der Waals surface area contributed by atoms with Gasteiger partial charge in [0.25, 0.3) is 11.5 Å². The fourth-order valence-corrected chi connectivity index (χ4v) is 6.80. The number of hydrogen-bond acceptors (Lipinski definition) is 7. The smallest absolute Gasteiger partial charge is 0.277 e. The highest BCUT2D eigenvalue weighted by Gasteiger charge is 2.32. The van der Waals surface area contributed by atoms with Crippen LogP contribution in [0.4, 0.5) is 0 Å². The Morgan fingerprint density at radius 2 is 1.76 bits per heavy atom. The number of aromatic nitrogens is 2. The second kappa shape index (κ2) is 11.6. The molecular formula is C32H30N4O5S. The molecule has 0 saturated heterocycles. The lowest BCUT2D eigenvalue weighted by atomic mass is 9.97. The molecule has 1 aromatic heterocycles. The number of carbonyl (C=O) groups is 1. The first-order valence-corrected chi connectivity index (χ1v) is 15.3. The maximum atomic E-state index is 14.0. The Kier molecular flexibility index (Phi) is 7.96. The van der Waals surface area contributed by atoms with Gasteiger partial charge in [0.1, 0.15) is 5.82 Å². The Labute approximate surface area is 244 Å². The van der Waals surface area contributed by atoms with Crippen molar-refractivity contribution in [2.24, 2.45) is 0 Å². The van der Waals surface area contributed by atoms with Gasteiger partial charge in [0.15, 0.2) is 4.90 Å². The van der Waals surface area contributed by atoms with Crippen molar-refractivity contribution < 1.29 is 18.3 Å². The van der Waals surface area contributed by atoms with E-state index in [0.29, 0.717) is 48.1 Å². The molecule has 42 heavy (non-hydrogen) atoms. The minimum absolute atomic E-state index is 0.155. The summed E-state index contributed by atoms with van der Waals surface area (Å²) in [7, 11) is -4.48. The van der Waals surface area contributed by atoms with Gasteiger partial charge in [0.2, 0.25) is 15.7 Å². The monoisotopic (exact) mass is 582 g/mol. The van der Waals surface area contributed by atoms with Crippen LogP contribution in [0.1, 0.15) is 72.0 Å². The van der Waals surface area contributed by atoms with Gasteiger partial charge in [-0.1, -0.05) is 56.7 Å². The number of hydrogen-bond donors (Lipinski definition) is 2.